The number of hydrogen-bond acceptors (Lipinski definition) is 7. The fourth-order valence-electron chi connectivity index (χ4n) is 4.97. The van der Waals surface area contributed by atoms with Gasteiger partial charge in [0.2, 0.25) is 5.91 Å². The van der Waals surface area contributed by atoms with Crippen LogP contribution in [0.25, 0.3) is 0 Å². The van der Waals surface area contributed by atoms with Crippen LogP contribution in [0, 0.1) is 5.41 Å². The molecule has 5 rings (SSSR count). The molecule has 0 saturated carbocycles. The fourth-order valence-corrected chi connectivity index (χ4v) is 4.97. The van der Waals surface area contributed by atoms with E-state index in [-0.39, 0.29) is 25.5 Å². The number of carboxylic acid groups (broad SMARTS) is 1. The summed E-state index contributed by atoms with van der Waals surface area (Å²) in [5.41, 5.74) is 3.58. The summed E-state index contributed by atoms with van der Waals surface area (Å²) in [5.74, 6) is -2.62. The molecule has 0 spiro atoms. The molecular formula is C26H27N5O7. The third-order valence-electron chi connectivity index (χ3n) is 7.04. The number of hydrogen-bond donors (Lipinski definition) is 5. The molecule has 0 bridgehead atoms. The Morgan fingerprint density at radius 2 is 1.95 bits per heavy atom. The number of carboxylic acids is 1. The van der Waals surface area contributed by atoms with Crippen LogP contribution in [0.1, 0.15) is 30.0 Å². The molecule has 2 aromatic rings. The van der Waals surface area contributed by atoms with Gasteiger partial charge in [-0.15, -0.1) is 0 Å². The predicted molar refractivity (Wildman–Crippen MR) is 136 cm³/mol. The van der Waals surface area contributed by atoms with Crippen molar-refractivity contribution in [3.63, 3.8) is 0 Å². The van der Waals surface area contributed by atoms with Gasteiger partial charge >= 0.3 is 5.97 Å². The Morgan fingerprint density at radius 3 is 2.71 bits per heavy atom. The molecule has 198 valence electrons. The van der Waals surface area contributed by atoms with Crippen LogP contribution in [0.5, 0.6) is 0 Å². The van der Waals surface area contributed by atoms with Gasteiger partial charge in [-0.1, -0.05) is 6.07 Å². The van der Waals surface area contributed by atoms with Gasteiger partial charge in [-0.2, -0.15) is 0 Å². The first-order chi connectivity index (χ1) is 18.2. The van der Waals surface area contributed by atoms with Crippen molar-refractivity contribution in [2.75, 3.05) is 28.3 Å². The zero-order chi connectivity index (χ0) is 27.1. The molecule has 2 aromatic carbocycles. The van der Waals surface area contributed by atoms with Gasteiger partial charge in [-0.25, -0.2) is 4.79 Å². The smallest absolute Gasteiger partial charge is 0.326 e. The van der Waals surface area contributed by atoms with Gasteiger partial charge in [0, 0.05) is 42.1 Å². The van der Waals surface area contributed by atoms with E-state index in [1.54, 1.807) is 36.4 Å². The molecule has 12 heteroatoms. The van der Waals surface area contributed by atoms with E-state index in [1.807, 2.05) is 0 Å². The lowest BCUT2D eigenvalue weighted by molar-refractivity contribution is -0.150. The molecule has 5 N–H and O–H groups in total. The molecule has 1 fully saturated rings. The number of aliphatic hydroxyl groups is 1. The highest BCUT2D eigenvalue weighted by Gasteiger charge is 2.40. The number of rotatable bonds is 6. The molecule has 0 aliphatic carbocycles. The largest absolute Gasteiger partial charge is 0.480 e. The second-order valence-electron chi connectivity index (χ2n) is 9.41. The summed E-state index contributed by atoms with van der Waals surface area (Å²) in [4.78, 5) is 52.9. The number of amides is 3. The highest BCUT2D eigenvalue weighted by Crippen LogP contribution is 2.34. The Labute approximate surface area is 217 Å². The van der Waals surface area contributed by atoms with Gasteiger partial charge in [-0.05, 0) is 54.8 Å². The summed E-state index contributed by atoms with van der Waals surface area (Å²) in [5, 5.41) is 33.5. The van der Waals surface area contributed by atoms with Crippen LogP contribution >= 0.6 is 0 Å². The van der Waals surface area contributed by atoms with E-state index >= 15 is 0 Å². The van der Waals surface area contributed by atoms with E-state index in [1.165, 1.54) is 16.7 Å². The number of amidine groups is 1. The summed E-state index contributed by atoms with van der Waals surface area (Å²) in [6, 6.07) is 8.95. The number of fused-ring (bicyclic) bond motifs is 2. The van der Waals surface area contributed by atoms with Crippen LogP contribution in [0.15, 0.2) is 36.4 Å². The minimum Gasteiger partial charge on any atom is -0.480 e. The molecule has 3 heterocycles. The molecule has 1 saturated heterocycles. The Kier molecular flexibility index (Phi) is 6.59. The predicted octanol–water partition coefficient (Wildman–Crippen LogP) is 0.599. The first-order valence-corrected chi connectivity index (χ1v) is 12.2. The summed E-state index contributed by atoms with van der Waals surface area (Å²) >= 11 is 0. The molecule has 38 heavy (non-hydrogen) atoms. The molecule has 12 nitrogen and oxygen atoms in total. The maximum Gasteiger partial charge on any atom is 0.326 e. The van der Waals surface area contributed by atoms with Gasteiger partial charge < -0.3 is 30.5 Å². The summed E-state index contributed by atoms with van der Waals surface area (Å²) in [6.45, 7) is 2.08. The highest BCUT2D eigenvalue weighted by molar-refractivity contribution is 6.06. The first kappa shape index (κ1) is 25.4. The van der Waals surface area contributed by atoms with Crippen molar-refractivity contribution in [1.29, 1.82) is 5.41 Å². The van der Waals surface area contributed by atoms with Crippen LogP contribution in [0.3, 0.4) is 0 Å². The minimum absolute atomic E-state index is 0.0542. The second-order valence-corrected chi connectivity index (χ2v) is 9.41. The maximum absolute atomic E-state index is 13.3. The number of carbonyl (C=O) groups is 4. The third kappa shape index (κ3) is 4.48. The quantitative estimate of drug-likeness (QED) is 0.368. The molecular weight excluding hydrogens is 494 g/mol. The zero-order valence-electron chi connectivity index (χ0n) is 20.6. The van der Waals surface area contributed by atoms with Crippen LogP contribution in [-0.4, -0.2) is 71.1 Å². The van der Waals surface area contributed by atoms with Gasteiger partial charge in [-0.3, -0.25) is 24.7 Å². The molecule has 0 radical (unpaired) electrons. The molecule has 1 unspecified atom stereocenters. The Bertz CT molecular complexity index is 1360. The fraction of sp³-hybridized carbons (Fsp3) is 0.346. The van der Waals surface area contributed by atoms with Gasteiger partial charge in [0.25, 0.3) is 11.8 Å². The van der Waals surface area contributed by atoms with Crippen LogP contribution in [0.4, 0.5) is 17.1 Å². The number of morpholine rings is 1. The lowest BCUT2D eigenvalue weighted by atomic mass is 9.98. The zero-order valence-corrected chi connectivity index (χ0v) is 20.6. The lowest BCUT2D eigenvalue weighted by Crippen LogP contribution is -2.55. The van der Waals surface area contributed by atoms with Crippen molar-refractivity contribution < 1.29 is 34.1 Å². The topological polar surface area (TPSA) is 172 Å². The summed E-state index contributed by atoms with van der Waals surface area (Å²) in [6.07, 6.45) is -2.61. The maximum atomic E-state index is 13.3. The number of nitrogens with one attached hydrogen (secondary N) is 3. The Balaban J connectivity index is 1.34. The van der Waals surface area contributed by atoms with E-state index in [2.05, 4.69) is 10.6 Å². The average molecular weight is 522 g/mol. The van der Waals surface area contributed by atoms with Gasteiger partial charge in [0.15, 0.2) is 12.2 Å². The number of ether oxygens (including phenoxy) is 1. The molecule has 0 aromatic heterocycles. The van der Waals surface area contributed by atoms with Crippen molar-refractivity contribution in [3.8, 4) is 0 Å². The van der Waals surface area contributed by atoms with E-state index in [9.17, 15) is 29.4 Å². The SMILES string of the molecule is CC(C(=O)O)N1C(=O)CCc2ccc(N3CCO[C@H]([C@@H](O)C(=O)Nc4ccc5c(c4)CNC5=N)C3=O)cc21. The summed E-state index contributed by atoms with van der Waals surface area (Å²) < 4.78 is 5.49. The van der Waals surface area contributed by atoms with Crippen molar-refractivity contribution >= 4 is 46.6 Å². The lowest BCUT2D eigenvalue weighted by Gasteiger charge is -2.36. The molecule has 3 atom stereocenters. The number of anilines is 3. The van der Waals surface area contributed by atoms with Crippen LogP contribution in [0.2, 0.25) is 0 Å². The van der Waals surface area contributed by atoms with Crippen LogP contribution < -0.4 is 20.4 Å². The van der Waals surface area contributed by atoms with E-state index in [0.29, 0.717) is 35.9 Å². The highest BCUT2D eigenvalue weighted by atomic mass is 16.5. The molecule has 3 aliphatic rings. The number of nitrogens with zero attached hydrogens (tertiary/aromatic N) is 2. The Morgan fingerprint density at radius 1 is 1.16 bits per heavy atom. The number of aryl methyl sites for hydroxylation is 1. The Hall–Kier alpha value is -4.29. The molecule has 3 aliphatic heterocycles. The second kappa shape index (κ2) is 9.88. The number of aliphatic hydroxyl groups excluding tert-OH is 1. The monoisotopic (exact) mass is 521 g/mol. The van der Waals surface area contributed by atoms with Crippen molar-refractivity contribution in [1.82, 2.24) is 5.32 Å². The van der Waals surface area contributed by atoms with Crippen molar-refractivity contribution in [2.45, 2.75) is 44.6 Å². The molecule has 3 amide bonds. The van der Waals surface area contributed by atoms with Crippen molar-refractivity contribution in [2.24, 2.45) is 0 Å². The standard InChI is InChI=1S/C26H27N5O7/c1-13(26(36)37)31-19-11-17(5-2-14(19)3-7-20(31)32)30-8-9-38-22(25(30)35)21(33)24(34)29-16-4-6-18-15(10-16)12-28-23(18)27/h2,4-6,10-11,13,21-22,33H,3,7-9,12H2,1H3,(H2,27,28)(H,29,34)(H,36,37)/t13?,21-,22-/m1/s1. The number of benzene rings is 2. The first-order valence-electron chi connectivity index (χ1n) is 12.2. The normalized spacial score (nSPS) is 20.4. The van der Waals surface area contributed by atoms with E-state index in [0.717, 1.165) is 16.7 Å². The minimum atomic E-state index is -1.79. The summed E-state index contributed by atoms with van der Waals surface area (Å²) in [7, 11) is 0. The van der Waals surface area contributed by atoms with E-state index < -0.39 is 36.0 Å². The number of aliphatic carboxylic acids is 1. The number of carbonyl (C=O) groups excluding carboxylic acids is 3. The average Bonchev–Trinajstić information content (AvgIpc) is 3.27. The van der Waals surface area contributed by atoms with Crippen molar-refractivity contribution in [3.05, 3.63) is 53.1 Å². The van der Waals surface area contributed by atoms with E-state index in [4.69, 9.17) is 10.1 Å². The van der Waals surface area contributed by atoms with Gasteiger partial charge in [0.05, 0.1) is 6.61 Å². The van der Waals surface area contributed by atoms with Crippen LogP contribution in [-0.2, 0) is 36.9 Å². The van der Waals surface area contributed by atoms with Gasteiger partial charge in [0.1, 0.15) is 11.9 Å². The third-order valence-corrected chi connectivity index (χ3v) is 7.04.